The first kappa shape index (κ1) is 16.6. The van der Waals surface area contributed by atoms with Crippen molar-refractivity contribution in [3.05, 3.63) is 59.5 Å². The Morgan fingerprint density at radius 3 is 2.77 bits per heavy atom. The molecule has 1 amide bonds. The number of aromatic nitrogens is 3. The second-order valence-electron chi connectivity index (χ2n) is 6.36. The molecule has 1 fully saturated rings. The average molecular weight is 360 g/mol. The van der Waals surface area contributed by atoms with E-state index in [-0.39, 0.29) is 6.42 Å². The Bertz CT molecular complexity index is 976. The van der Waals surface area contributed by atoms with Crippen LogP contribution >= 0.6 is 0 Å². The quantitative estimate of drug-likeness (QED) is 0.770. The maximum atomic E-state index is 12.8. The van der Waals surface area contributed by atoms with Crippen LogP contribution in [0.1, 0.15) is 35.7 Å². The first-order valence-corrected chi connectivity index (χ1v) is 8.21. The number of hydrogen-bond donors (Lipinski definition) is 1. The van der Waals surface area contributed by atoms with E-state index in [4.69, 9.17) is 0 Å². The van der Waals surface area contributed by atoms with Gasteiger partial charge in [-0.2, -0.15) is 18.3 Å². The monoisotopic (exact) mass is 360 g/mol. The predicted molar refractivity (Wildman–Crippen MR) is 88.7 cm³/mol. The summed E-state index contributed by atoms with van der Waals surface area (Å²) < 4.78 is 39.9. The Kier molecular flexibility index (Phi) is 3.90. The average Bonchev–Trinajstić information content (AvgIpc) is 3.33. The summed E-state index contributed by atoms with van der Waals surface area (Å²) in [6, 6.07) is 8.20. The van der Waals surface area contributed by atoms with Crippen molar-refractivity contribution in [1.29, 1.82) is 0 Å². The van der Waals surface area contributed by atoms with Crippen LogP contribution in [0.25, 0.3) is 5.65 Å². The molecule has 1 aliphatic rings. The van der Waals surface area contributed by atoms with E-state index >= 15 is 0 Å². The molecule has 1 aliphatic carbocycles. The molecule has 0 aliphatic heterocycles. The van der Waals surface area contributed by atoms with Crippen LogP contribution in [0.2, 0.25) is 0 Å². The number of hydrogen-bond acceptors (Lipinski definition) is 3. The first-order chi connectivity index (χ1) is 12.4. The topological polar surface area (TPSA) is 59.3 Å². The van der Waals surface area contributed by atoms with Crippen LogP contribution in [0, 0.1) is 0 Å². The van der Waals surface area contributed by atoms with E-state index in [0.29, 0.717) is 22.8 Å². The minimum absolute atomic E-state index is 0.158. The van der Waals surface area contributed by atoms with Gasteiger partial charge in [-0.25, -0.2) is 9.50 Å². The van der Waals surface area contributed by atoms with Crippen molar-refractivity contribution >= 4 is 17.2 Å². The van der Waals surface area contributed by atoms with E-state index in [1.807, 2.05) is 0 Å². The Morgan fingerprint density at radius 1 is 1.23 bits per heavy atom. The molecule has 2 heterocycles. The third-order valence-electron chi connectivity index (χ3n) is 4.21. The van der Waals surface area contributed by atoms with Gasteiger partial charge in [0.25, 0.3) is 0 Å². The summed E-state index contributed by atoms with van der Waals surface area (Å²) in [5.74, 6) is 0.724. The van der Waals surface area contributed by atoms with E-state index in [2.05, 4.69) is 15.4 Å². The van der Waals surface area contributed by atoms with Gasteiger partial charge < -0.3 is 5.32 Å². The summed E-state index contributed by atoms with van der Waals surface area (Å²) in [6.45, 7) is 0. The Hall–Kier alpha value is -2.90. The van der Waals surface area contributed by atoms with Gasteiger partial charge in [-0.15, -0.1) is 0 Å². The molecule has 1 aromatic carbocycles. The third-order valence-corrected chi connectivity index (χ3v) is 4.21. The third kappa shape index (κ3) is 3.40. The van der Waals surface area contributed by atoms with Crippen molar-refractivity contribution in [3.8, 4) is 0 Å². The Labute approximate surface area is 146 Å². The van der Waals surface area contributed by atoms with Crippen molar-refractivity contribution in [2.45, 2.75) is 31.4 Å². The van der Waals surface area contributed by atoms with Crippen LogP contribution in [0.3, 0.4) is 0 Å². The lowest BCUT2D eigenvalue weighted by atomic mass is 10.1. The van der Waals surface area contributed by atoms with Gasteiger partial charge in [0.15, 0.2) is 11.5 Å². The molecule has 2 aromatic heterocycles. The number of pyridine rings is 1. The van der Waals surface area contributed by atoms with Crippen LogP contribution in [0.15, 0.2) is 42.6 Å². The second kappa shape index (κ2) is 6.12. The van der Waals surface area contributed by atoms with Gasteiger partial charge in [0.05, 0.1) is 17.7 Å². The summed E-state index contributed by atoms with van der Waals surface area (Å²) in [5, 5.41) is 7.12. The number of benzene rings is 1. The molecule has 4 rings (SSSR count). The summed E-state index contributed by atoms with van der Waals surface area (Å²) in [6.07, 6.45) is -0.716. The minimum atomic E-state index is -4.43. The predicted octanol–water partition coefficient (Wildman–Crippen LogP) is 3.81. The largest absolute Gasteiger partial charge is 0.416 e. The Morgan fingerprint density at radius 2 is 2.04 bits per heavy atom. The molecule has 0 atom stereocenters. The molecule has 1 saturated carbocycles. The first-order valence-electron chi connectivity index (χ1n) is 8.21. The number of carbonyl (C=O) groups excluding carboxylic acids is 1. The maximum absolute atomic E-state index is 12.8. The zero-order chi connectivity index (χ0) is 18.3. The highest BCUT2D eigenvalue weighted by Crippen LogP contribution is 2.38. The van der Waals surface area contributed by atoms with Gasteiger partial charge in [0.2, 0.25) is 5.91 Å². The summed E-state index contributed by atoms with van der Waals surface area (Å²) >= 11 is 0. The fourth-order valence-electron chi connectivity index (χ4n) is 2.77. The van der Waals surface area contributed by atoms with Crippen molar-refractivity contribution in [2.75, 3.05) is 5.32 Å². The van der Waals surface area contributed by atoms with Crippen LogP contribution in [-0.4, -0.2) is 20.5 Å². The van der Waals surface area contributed by atoms with Crippen LogP contribution < -0.4 is 5.32 Å². The molecule has 8 heteroatoms. The number of anilines is 1. The fourth-order valence-corrected chi connectivity index (χ4v) is 2.77. The molecular formula is C18H15F3N4O. The fraction of sp³-hybridized carbons (Fsp3) is 0.278. The summed E-state index contributed by atoms with van der Waals surface area (Å²) in [7, 11) is 0. The molecule has 26 heavy (non-hydrogen) atoms. The highest BCUT2D eigenvalue weighted by molar-refractivity contribution is 5.95. The lowest BCUT2D eigenvalue weighted by molar-refractivity contribution is -0.137. The molecule has 3 aromatic rings. The van der Waals surface area contributed by atoms with Crippen molar-refractivity contribution < 1.29 is 18.0 Å². The normalized spacial score (nSPS) is 14.6. The zero-order valence-corrected chi connectivity index (χ0v) is 13.6. The van der Waals surface area contributed by atoms with Crippen molar-refractivity contribution in [2.24, 2.45) is 0 Å². The van der Waals surface area contributed by atoms with E-state index in [0.717, 1.165) is 30.8 Å². The van der Waals surface area contributed by atoms with Crippen LogP contribution in [-0.2, 0) is 17.4 Å². The SMILES string of the molecule is O=C(Cc1cccc(C(F)(F)F)c1)Nc1cccn2nc(C3CC3)nc12. The Balaban J connectivity index is 1.52. The number of nitrogens with zero attached hydrogens (tertiary/aromatic N) is 3. The summed E-state index contributed by atoms with van der Waals surface area (Å²) in [4.78, 5) is 16.8. The lowest BCUT2D eigenvalue weighted by Gasteiger charge is -2.09. The van der Waals surface area contributed by atoms with Crippen molar-refractivity contribution in [3.63, 3.8) is 0 Å². The molecule has 5 nitrogen and oxygen atoms in total. The van der Waals surface area contributed by atoms with Crippen molar-refractivity contribution in [1.82, 2.24) is 14.6 Å². The van der Waals surface area contributed by atoms with Gasteiger partial charge in [0.1, 0.15) is 0 Å². The van der Waals surface area contributed by atoms with E-state index in [9.17, 15) is 18.0 Å². The number of alkyl halides is 3. The standard InChI is InChI=1S/C18H15F3N4O/c19-18(20,21)13-4-1-3-11(9-13)10-15(26)22-14-5-2-8-25-17(14)23-16(24-25)12-6-7-12/h1-5,8-9,12H,6-7,10H2,(H,22,26). The van der Waals surface area contributed by atoms with Gasteiger partial charge in [-0.3, -0.25) is 4.79 Å². The zero-order valence-electron chi connectivity index (χ0n) is 13.6. The van der Waals surface area contributed by atoms with E-state index in [1.54, 1.807) is 22.8 Å². The van der Waals surface area contributed by atoms with E-state index in [1.165, 1.54) is 12.1 Å². The van der Waals surface area contributed by atoms with Crippen LogP contribution in [0.5, 0.6) is 0 Å². The molecule has 1 N–H and O–H groups in total. The van der Waals surface area contributed by atoms with Gasteiger partial charge >= 0.3 is 6.18 Å². The molecule has 134 valence electrons. The molecule has 0 radical (unpaired) electrons. The molecule has 0 bridgehead atoms. The van der Waals surface area contributed by atoms with Gasteiger partial charge in [-0.1, -0.05) is 18.2 Å². The van der Waals surface area contributed by atoms with Gasteiger partial charge in [-0.05, 0) is 36.6 Å². The number of nitrogens with one attached hydrogen (secondary N) is 1. The molecular weight excluding hydrogens is 345 g/mol. The minimum Gasteiger partial charge on any atom is -0.323 e. The van der Waals surface area contributed by atoms with Crippen LogP contribution in [0.4, 0.5) is 18.9 Å². The van der Waals surface area contributed by atoms with E-state index < -0.39 is 17.6 Å². The number of amides is 1. The number of fused-ring (bicyclic) bond motifs is 1. The highest BCUT2D eigenvalue weighted by atomic mass is 19.4. The lowest BCUT2D eigenvalue weighted by Crippen LogP contribution is -2.16. The molecule has 0 spiro atoms. The maximum Gasteiger partial charge on any atom is 0.416 e. The number of halogens is 3. The second-order valence-corrected chi connectivity index (χ2v) is 6.36. The molecule has 0 saturated heterocycles. The number of carbonyl (C=O) groups is 1. The van der Waals surface area contributed by atoms with Gasteiger partial charge in [0, 0.05) is 12.1 Å². The summed E-state index contributed by atoms with van der Waals surface area (Å²) in [5.41, 5.74) is 0.552. The smallest absolute Gasteiger partial charge is 0.323 e. The number of rotatable bonds is 4. The highest BCUT2D eigenvalue weighted by Gasteiger charge is 2.30. The molecule has 0 unspecified atom stereocenters.